The van der Waals surface area contributed by atoms with Gasteiger partial charge in [0.1, 0.15) is 0 Å². The molecular formula is C20H18N4O2S. The van der Waals surface area contributed by atoms with Crippen LogP contribution in [0.4, 0.5) is 0 Å². The first-order valence-electron chi connectivity index (χ1n) is 8.44. The van der Waals surface area contributed by atoms with Gasteiger partial charge in [-0.1, -0.05) is 36.4 Å². The number of aryl methyl sites for hydroxylation is 1. The van der Waals surface area contributed by atoms with Crippen molar-refractivity contribution in [1.82, 2.24) is 19.5 Å². The van der Waals surface area contributed by atoms with Crippen LogP contribution in [0.3, 0.4) is 0 Å². The average molecular weight is 378 g/mol. The summed E-state index contributed by atoms with van der Waals surface area (Å²) in [5, 5.41) is 5.75. The number of nitrogens with zero attached hydrogens (tertiary/aromatic N) is 3. The van der Waals surface area contributed by atoms with E-state index in [1.165, 1.54) is 0 Å². The molecular weight excluding hydrogens is 360 g/mol. The van der Waals surface area contributed by atoms with Crippen molar-refractivity contribution in [1.29, 1.82) is 0 Å². The maximum atomic E-state index is 12.8. The number of hydrogen-bond acceptors (Lipinski definition) is 4. The molecule has 0 aliphatic carbocycles. The number of hydrogen-bond donors (Lipinski definition) is 1. The van der Waals surface area contributed by atoms with Gasteiger partial charge in [-0.2, -0.15) is 5.10 Å². The molecule has 7 heteroatoms. The fourth-order valence-electron chi connectivity index (χ4n) is 3.07. The fourth-order valence-corrected chi connectivity index (χ4v) is 4.31. The minimum atomic E-state index is -3.66. The first-order valence-corrected chi connectivity index (χ1v) is 9.93. The smallest absolute Gasteiger partial charge is 0.241 e. The van der Waals surface area contributed by atoms with Gasteiger partial charge in [0.05, 0.1) is 10.6 Å². The van der Waals surface area contributed by atoms with E-state index in [1.54, 1.807) is 35.4 Å². The molecule has 0 fully saturated rings. The molecule has 27 heavy (non-hydrogen) atoms. The monoisotopic (exact) mass is 378 g/mol. The maximum absolute atomic E-state index is 12.8. The third-order valence-electron chi connectivity index (χ3n) is 4.42. The van der Waals surface area contributed by atoms with Gasteiger partial charge >= 0.3 is 0 Å². The molecule has 0 radical (unpaired) electrons. The van der Waals surface area contributed by atoms with E-state index in [-0.39, 0.29) is 11.4 Å². The Labute approximate surface area is 157 Å². The van der Waals surface area contributed by atoms with Crippen LogP contribution < -0.4 is 4.72 Å². The molecule has 0 saturated carbocycles. The fraction of sp³-hybridized carbons (Fsp3) is 0.100. The van der Waals surface area contributed by atoms with Gasteiger partial charge in [0.2, 0.25) is 10.0 Å². The van der Waals surface area contributed by atoms with E-state index in [2.05, 4.69) is 14.8 Å². The first-order chi connectivity index (χ1) is 13.0. The predicted octanol–water partition coefficient (Wildman–Crippen LogP) is 3.11. The van der Waals surface area contributed by atoms with Crippen LogP contribution in [0, 0.1) is 0 Å². The second kappa shape index (κ2) is 6.94. The number of rotatable bonds is 5. The van der Waals surface area contributed by atoms with Crippen molar-refractivity contribution in [2.75, 3.05) is 0 Å². The van der Waals surface area contributed by atoms with E-state index in [1.807, 2.05) is 49.5 Å². The lowest BCUT2D eigenvalue weighted by molar-refractivity contribution is 0.582. The van der Waals surface area contributed by atoms with Crippen LogP contribution in [0.25, 0.3) is 22.0 Å². The largest absolute Gasteiger partial charge is 0.268 e. The van der Waals surface area contributed by atoms with Gasteiger partial charge in [0.15, 0.2) is 0 Å². The Kier molecular flexibility index (Phi) is 4.47. The van der Waals surface area contributed by atoms with Gasteiger partial charge in [0.25, 0.3) is 0 Å². The van der Waals surface area contributed by atoms with E-state index in [4.69, 9.17) is 0 Å². The third-order valence-corrected chi connectivity index (χ3v) is 5.88. The highest BCUT2D eigenvalue weighted by molar-refractivity contribution is 7.89. The Morgan fingerprint density at radius 3 is 2.67 bits per heavy atom. The van der Waals surface area contributed by atoms with E-state index < -0.39 is 10.0 Å². The molecule has 4 aromatic rings. The molecule has 0 atom stereocenters. The molecule has 136 valence electrons. The summed E-state index contributed by atoms with van der Waals surface area (Å²) in [6.45, 7) is 0.157. The van der Waals surface area contributed by atoms with Gasteiger partial charge in [-0.3, -0.25) is 9.67 Å². The summed E-state index contributed by atoms with van der Waals surface area (Å²) in [5.74, 6) is 0. The van der Waals surface area contributed by atoms with Crippen LogP contribution >= 0.6 is 0 Å². The van der Waals surface area contributed by atoms with Gasteiger partial charge in [-0.15, -0.1) is 0 Å². The van der Waals surface area contributed by atoms with E-state index in [0.717, 1.165) is 22.2 Å². The molecule has 6 nitrogen and oxygen atoms in total. The highest BCUT2D eigenvalue weighted by atomic mass is 32.2. The molecule has 0 spiro atoms. The molecule has 2 aromatic carbocycles. The average Bonchev–Trinajstić information content (AvgIpc) is 3.12. The summed E-state index contributed by atoms with van der Waals surface area (Å²) in [6.07, 6.45) is 5.11. The van der Waals surface area contributed by atoms with E-state index in [9.17, 15) is 8.42 Å². The molecule has 0 unspecified atom stereocenters. The molecule has 0 amide bonds. The first kappa shape index (κ1) is 17.4. The molecule has 0 saturated heterocycles. The standard InChI is InChI=1S/C20H18N4O2S/c1-24-19(9-10-22-24)17-11-15(12-21-14-17)13-23-27(25,26)20-8-4-6-16-5-2-3-7-18(16)20/h2-12,14,23H,13H2,1H3. The van der Waals surface area contributed by atoms with Crippen molar-refractivity contribution < 1.29 is 8.42 Å². The number of benzene rings is 2. The molecule has 4 rings (SSSR count). The lowest BCUT2D eigenvalue weighted by Crippen LogP contribution is -2.23. The molecule has 2 heterocycles. The van der Waals surface area contributed by atoms with Crippen molar-refractivity contribution in [3.63, 3.8) is 0 Å². The van der Waals surface area contributed by atoms with Crippen LogP contribution in [-0.2, 0) is 23.6 Å². The summed E-state index contributed by atoms with van der Waals surface area (Å²) in [7, 11) is -1.80. The summed E-state index contributed by atoms with van der Waals surface area (Å²) < 4.78 is 30.1. The van der Waals surface area contributed by atoms with Crippen molar-refractivity contribution >= 4 is 20.8 Å². The molecule has 0 aliphatic heterocycles. The van der Waals surface area contributed by atoms with Crippen LogP contribution in [0.2, 0.25) is 0 Å². The molecule has 0 aliphatic rings. The molecule has 1 N–H and O–H groups in total. The van der Waals surface area contributed by atoms with Crippen LogP contribution in [0.15, 0.2) is 78.1 Å². The summed E-state index contributed by atoms with van der Waals surface area (Å²) in [4.78, 5) is 4.50. The Bertz CT molecular complexity index is 1210. The lowest BCUT2D eigenvalue weighted by atomic mass is 10.1. The van der Waals surface area contributed by atoms with Crippen molar-refractivity contribution in [3.05, 3.63) is 78.8 Å². The van der Waals surface area contributed by atoms with Gasteiger partial charge in [-0.25, -0.2) is 13.1 Å². The number of nitrogens with one attached hydrogen (secondary N) is 1. The van der Waals surface area contributed by atoms with Crippen LogP contribution in [0.1, 0.15) is 5.56 Å². The number of fused-ring (bicyclic) bond motifs is 1. The molecule has 0 bridgehead atoms. The topological polar surface area (TPSA) is 76.9 Å². The Morgan fingerprint density at radius 1 is 1.04 bits per heavy atom. The quantitative estimate of drug-likeness (QED) is 0.579. The zero-order valence-electron chi connectivity index (χ0n) is 14.7. The summed E-state index contributed by atoms with van der Waals surface area (Å²) in [5.41, 5.74) is 2.58. The number of sulfonamides is 1. The lowest BCUT2D eigenvalue weighted by Gasteiger charge is -2.10. The second-order valence-corrected chi connectivity index (χ2v) is 7.96. The van der Waals surface area contributed by atoms with Crippen LogP contribution in [-0.4, -0.2) is 23.2 Å². The van der Waals surface area contributed by atoms with E-state index >= 15 is 0 Å². The maximum Gasteiger partial charge on any atom is 0.241 e. The minimum absolute atomic E-state index is 0.157. The molecule has 2 aromatic heterocycles. The minimum Gasteiger partial charge on any atom is -0.268 e. The summed E-state index contributed by atoms with van der Waals surface area (Å²) in [6, 6.07) is 16.5. The highest BCUT2D eigenvalue weighted by Gasteiger charge is 2.17. The van der Waals surface area contributed by atoms with Crippen molar-refractivity contribution in [2.24, 2.45) is 7.05 Å². The third kappa shape index (κ3) is 3.47. The van der Waals surface area contributed by atoms with Crippen molar-refractivity contribution in [3.8, 4) is 11.3 Å². The number of aromatic nitrogens is 3. The normalized spacial score (nSPS) is 11.7. The van der Waals surface area contributed by atoms with Crippen LogP contribution in [0.5, 0.6) is 0 Å². The van der Waals surface area contributed by atoms with E-state index in [0.29, 0.717) is 5.39 Å². The number of pyridine rings is 1. The second-order valence-electron chi connectivity index (χ2n) is 6.22. The predicted molar refractivity (Wildman–Crippen MR) is 104 cm³/mol. The zero-order chi connectivity index (χ0) is 18.9. The Hall–Kier alpha value is -3.03. The summed E-state index contributed by atoms with van der Waals surface area (Å²) >= 11 is 0. The van der Waals surface area contributed by atoms with Gasteiger partial charge in [0, 0.05) is 43.1 Å². The zero-order valence-corrected chi connectivity index (χ0v) is 15.5. The van der Waals surface area contributed by atoms with Gasteiger partial charge < -0.3 is 0 Å². The Balaban J connectivity index is 1.60. The SMILES string of the molecule is Cn1nccc1-c1cncc(CNS(=O)(=O)c2cccc3ccccc23)c1. The highest BCUT2D eigenvalue weighted by Crippen LogP contribution is 2.23. The van der Waals surface area contributed by atoms with Gasteiger partial charge in [-0.05, 0) is 29.1 Å². The Morgan fingerprint density at radius 2 is 1.85 bits per heavy atom. The van der Waals surface area contributed by atoms with Crippen molar-refractivity contribution in [2.45, 2.75) is 11.4 Å².